The van der Waals surface area contributed by atoms with Gasteiger partial charge in [-0.1, -0.05) is 30.3 Å². The van der Waals surface area contributed by atoms with Gasteiger partial charge in [-0.15, -0.1) is 0 Å². The van der Waals surface area contributed by atoms with Crippen LogP contribution in [0.25, 0.3) is 22.8 Å². The quantitative estimate of drug-likeness (QED) is 0.321. The number of hydrogen-bond donors (Lipinski definition) is 0. The molecule has 6 nitrogen and oxygen atoms in total. The van der Waals surface area contributed by atoms with Crippen molar-refractivity contribution in [1.82, 2.24) is 9.97 Å². The first-order valence-corrected chi connectivity index (χ1v) is 12.2. The summed E-state index contributed by atoms with van der Waals surface area (Å²) in [6, 6.07) is 18.3. The van der Waals surface area contributed by atoms with E-state index in [-0.39, 0.29) is 12.3 Å². The van der Waals surface area contributed by atoms with Gasteiger partial charge in [0.2, 0.25) is 11.8 Å². The molecule has 6 rings (SSSR count). The van der Waals surface area contributed by atoms with E-state index in [0.29, 0.717) is 18.4 Å². The number of aryl methyl sites for hydroxylation is 1. The van der Waals surface area contributed by atoms with E-state index in [1.165, 1.54) is 18.5 Å². The molecule has 0 radical (unpaired) electrons. The molecule has 1 aliphatic carbocycles. The Hall–Kier alpha value is -4.19. The minimum Gasteiger partial charge on any atom is -0.497 e. The maximum Gasteiger partial charge on any atom is 0.231 e. The Balaban J connectivity index is 1.41. The Bertz CT molecular complexity index is 1450. The maximum absolute atomic E-state index is 13.6. The zero-order valence-electron chi connectivity index (χ0n) is 20.4. The molecule has 3 heterocycles. The average molecular weight is 478 g/mol. The second kappa shape index (κ2) is 9.11. The number of rotatable bonds is 6. The lowest BCUT2D eigenvalue weighted by molar-refractivity contribution is -0.117. The fourth-order valence-electron chi connectivity index (χ4n) is 4.63. The van der Waals surface area contributed by atoms with Crippen molar-refractivity contribution >= 4 is 23.2 Å². The van der Waals surface area contributed by atoms with Crippen LogP contribution < -0.4 is 9.64 Å². The molecule has 1 saturated carbocycles. The molecule has 1 fully saturated rings. The molecule has 2 aromatic heterocycles. The van der Waals surface area contributed by atoms with Crippen molar-refractivity contribution in [3.63, 3.8) is 0 Å². The highest BCUT2D eigenvalue weighted by molar-refractivity contribution is 6.06. The molecule has 1 aliphatic heterocycles. The molecule has 180 valence electrons. The molecule has 2 aliphatic rings. The number of hydrogen-bond acceptors (Lipinski definition) is 5. The fraction of sp³-hybridized carbons (Fsp3) is 0.233. The molecule has 4 aromatic rings. The minimum absolute atomic E-state index is 0.00831. The predicted octanol–water partition coefficient (Wildman–Crippen LogP) is 6.41. The monoisotopic (exact) mass is 477 g/mol. The van der Waals surface area contributed by atoms with Gasteiger partial charge in [0.15, 0.2) is 0 Å². The van der Waals surface area contributed by atoms with Gasteiger partial charge >= 0.3 is 0 Å². The van der Waals surface area contributed by atoms with Crippen LogP contribution >= 0.6 is 0 Å². The number of ether oxygens (including phenoxy) is 1. The van der Waals surface area contributed by atoms with E-state index in [4.69, 9.17) is 14.1 Å². The summed E-state index contributed by atoms with van der Waals surface area (Å²) in [7, 11) is 1.65. The number of carbonyl (C=O) groups is 1. The van der Waals surface area contributed by atoms with E-state index in [2.05, 4.69) is 35.3 Å². The fourth-order valence-corrected chi connectivity index (χ4v) is 4.63. The van der Waals surface area contributed by atoms with Gasteiger partial charge in [0.1, 0.15) is 11.5 Å². The topological polar surface area (TPSA) is 68.5 Å². The number of methoxy groups -OCH3 is 1. The lowest BCUT2D eigenvalue weighted by atomic mass is 10.0. The number of pyridine rings is 1. The summed E-state index contributed by atoms with van der Waals surface area (Å²) >= 11 is 0. The van der Waals surface area contributed by atoms with E-state index in [1.807, 2.05) is 48.4 Å². The highest BCUT2D eigenvalue weighted by atomic mass is 16.5. The molecule has 6 heteroatoms. The number of aromatic nitrogens is 2. The van der Waals surface area contributed by atoms with Crippen LogP contribution in [0, 0.1) is 6.92 Å². The van der Waals surface area contributed by atoms with Crippen molar-refractivity contribution in [2.75, 3.05) is 12.0 Å². The predicted molar refractivity (Wildman–Crippen MR) is 140 cm³/mol. The van der Waals surface area contributed by atoms with E-state index >= 15 is 0 Å². The van der Waals surface area contributed by atoms with E-state index in [0.717, 1.165) is 45.0 Å². The van der Waals surface area contributed by atoms with Gasteiger partial charge in [0.05, 0.1) is 32.0 Å². The summed E-state index contributed by atoms with van der Waals surface area (Å²) in [6.45, 7) is 2.30. The van der Waals surface area contributed by atoms with Gasteiger partial charge in [0, 0.05) is 28.9 Å². The van der Waals surface area contributed by atoms with Gasteiger partial charge in [-0.05, 0) is 66.8 Å². The number of fused-ring (bicyclic) bond motifs is 1. The summed E-state index contributed by atoms with van der Waals surface area (Å²) in [5, 5.41) is 0. The number of nitrogens with zero attached hydrogens (tertiary/aromatic N) is 3. The van der Waals surface area contributed by atoms with Crippen LogP contribution in [-0.2, 0) is 11.3 Å². The van der Waals surface area contributed by atoms with Crippen LogP contribution in [-0.4, -0.2) is 23.0 Å². The molecule has 2 aromatic carbocycles. The highest BCUT2D eigenvalue weighted by Gasteiger charge is 2.27. The summed E-state index contributed by atoms with van der Waals surface area (Å²) in [4.78, 5) is 24.6. The third kappa shape index (κ3) is 4.42. The summed E-state index contributed by atoms with van der Waals surface area (Å²) < 4.78 is 11.1. The first kappa shape index (κ1) is 22.3. The minimum atomic E-state index is -0.00831. The van der Waals surface area contributed by atoms with Crippen LogP contribution in [0.15, 0.2) is 71.4 Å². The lowest BCUT2D eigenvalue weighted by Gasteiger charge is -2.24. The Morgan fingerprint density at radius 3 is 2.47 bits per heavy atom. The number of carbonyl (C=O) groups excluding carboxylic acids is 1. The highest BCUT2D eigenvalue weighted by Crippen LogP contribution is 2.40. The summed E-state index contributed by atoms with van der Waals surface area (Å²) in [5.41, 5.74) is 6.83. The molecule has 0 bridgehead atoms. The Labute approximate surface area is 210 Å². The molecular weight excluding hydrogens is 450 g/mol. The molecule has 0 N–H and O–H groups in total. The number of benzene rings is 2. The van der Waals surface area contributed by atoms with Crippen molar-refractivity contribution in [2.45, 2.75) is 38.6 Å². The van der Waals surface area contributed by atoms with Crippen molar-refractivity contribution < 1.29 is 13.9 Å². The van der Waals surface area contributed by atoms with E-state index in [1.54, 1.807) is 13.3 Å². The summed E-state index contributed by atoms with van der Waals surface area (Å²) in [5.74, 6) is 2.60. The van der Waals surface area contributed by atoms with Gasteiger partial charge in [-0.25, -0.2) is 4.98 Å². The standard InChI is InChI=1S/C30H27N3O3/c1-19-16-32-30(36-19)25-13-23-8-7-22(24-9-12-27(31-17-24)21-5-6-21)14-28(23)33(29(34)15-25)18-20-3-10-26(35-2)11-4-20/h3-4,7-14,16-17,21H,5-6,15,18H2,1-2H3. The molecular formula is C30H27N3O3. The van der Waals surface area contributed by atoms with Crippen molar-refractivity contribution in [3.05, 3.63) is 95.5 Å². The normalized spacial score (nSPS) is 15.3. The van der Waals surface area contributed by atoms with E-state index in [9.17, 15) is 4.79 Å². The van der Waals surface area contributed by atoms with Gasteiger partial charge in [-0.2, -0.15) is 0 Å². The summed E-state index contributed by atoms with van der Waals surface area (Å²) in [6.07, 6.45) is 8.31. The van der Waals surface area contributed by atoms with Gasteiger partial charge in [0.25, 0.3) is 0 Å². The van der Waals surface area contributed by atoms with Gasteiger partial charge in [-0.3, -0.25) is 9.78 Å². The molecule has 36 heavy (non-hydrogen) atoms. The van der Waals surface area contributed by atoms with Gasteiger partial charge < -0.3 is 14.1 Å². The molecule has 0 unspecified atom stereocenters. The second-order valence-corrected chi connectivity index (χ2v) is 9.47. The Morgan fingerprint density at radius 1 is 1.00 bits per heavy atom. The number of anilines is 1. The van der Waals surface area contributed by atoms with Crippen LogP contribution in [0.3, 0.4) is 0 Å². The number of amides is 1. The first-order valence-electron chi connectivity index (χ1n) is 12.2. The SMILES string of the molecule is COc1ccc(CN2C(=O)CC(c3ncc(C)o3)=Cc3ccc(-c4ccc(C5CC5)nc4)cc32)cc1. The molecule has 0 saturated heterocycles. The largest absolute Gasteiger partial charge is 0.497 e. The van der Waals surface area contributed by atoms with Crippen molar-refractivity contribution in [2.24, 2.45) is 0 Å². The third-order valence-electron chi connectivity index (χ3n) is 6.80. The second-order valence-electron chi connectivity index (χ2n) is 9.47. The van der Waals surface area contributed by atoms with E-state index < -0.39 is 0 Å². The molecule has 0 atom stereocenters. The molecule has 1 amide bonds. The van der Waals surface area contributed by atoms with Crippen LogP contribution in [0.2, 0.25) is 0 Å². The molecule has 0 spiro atoms. The maximum atomic E-state index is 13.6. The zero-order valence-corrected chi connectivity index (χ0v) is 20.4. The van der Waals surface area contributed by atoms with Crippen LogP contribution in [0.4, 0.5) is 5.69 Å². The van der Waals surface area contributed by atoms with Crippen molar-refractivity contribution in [1.29, 1.82) is 0 Å². The lowest BCUT2D eigenvalue weighted by Crippen LogP contribution is -2.30. The Morgan fingerprint density at radius 2 is 1.81 bits per heavy atom. The first-order chi connectivity index (χ1) is 17.6. The average Bonchev–Trinajstić information content (AvgIpc) is 3.69. The van der Waals surface area contributed by atoms with Crippen LogP contribution in [0.5, 0.6) is 5.75 Å². The smallest absolute Gasteiger partial charge is 0.231 e. The third-order valence-corrected chi connectivity index (χ3v) is 6.80. The number of oxazole rings is 1. The van der Waals surface area contributed by atoms with Crippen molar-refractivity contribution in [3.8, 4) is 16.9 Å². The van der Waals surface area contributed by atoms with Crippen LogP contribution in [0.1, 0.15) is 53.7 Å². The Kier molecular flexibility index (Phi) is 5.64. The zero-order chi connectivity index (χ0) is 24.6.